The first kappa shape index (κ1) is 31.9. The smallest absolute Gasteiger partial charge is 0.164 e. The van der Waals surface area contributed by atoms with Crippen molar-refractivity contribution < 1.29 is 0 Å². The Morgan fingerprint density at radius 1 is 0.250 bits per heavy atom. The summed E-state index contributed by atoms with van der Waals surface area (Å²) >= 11 is 0. The van der Waals surface area contributed by atoms with Gasteiger partial charge < -0.3 is 9.13 Å². The van der Waals surface area contributed by atoms with Crippen LogP contribution in [-0.4, -0.2) is 24.1 Å². The molecule has 8 aromatic carbocycles. The minimum Gasteiger partial charge on any atom is -0.309 e. The number of hydrogen-bond donors (Lipinski definition) is 0. The molecule has 5 nitrogen and oxygen atoms in total. The summed E-state index contributed by atoms with van der Waals surface area (Å²) in [5.74, 6) is 1.89. The Morgan fingerprint density at radius 2 is 0.643 bits per heavy atom. The SMILES string of the molecule is c1ccc(-c2ccc(-c3nc(-c4ccccc4)nc(-c4cccc(-n5c6ccccc6c6cc(-n7c8ccccc8c8ccccc87)ccc65)c4)n3)cc2)cc1. The van der Waals surface area contributed by atoms with Crippen molar-refractivity contribution in [2.24, 2.45) is 0 Å². The monoisotopic (exact) mass is 715 g/mol. The topological polar surface area (TPSA) is 48.5 Å². The second-order valence-electron chi connectivity index (χ2n) is 14.1. The number of benzene rings is 8. The molecule has 5 heteroatoms. The molecule has 3 heterocycles. The zero-order valence-electron chi connectivity index (χ0n) is 30.3. The van der Waals surface area contributed by atoms with E-state index in [1.54, 1.807) is 0 Å². The van der Waals surface area contributed by atoms with Crippen molar-refractivity contribution >= 4 is 43.6 Å². The lowest BCUT2D eigenvalue weighted by molar-refractivity contribution is 1.07. The van der Waals surface area contributed by atoms with Gasteiger partial charge >= 0.3 is 0 Å². The molecule has 0 saturated carbocycles. The van der Waals surface area contributed by atoms with E-state index in [0.717, 1.165) is 44.7 Å². The van der Waals surface area contributed by atoms with Gasteiger partial charge in [-0.2, -0.15) is 0 Å². The summed E-state index contributed by atoms with van der Waals surface area (Å²) in [6.45, 7) is 0. The van der Waals surface area contributed by atoms with E-state index < -0.39 is 0 Å². The van der Waals surface area contributed by atoms with Crippen LogP contribution < -0.4 is 0 Å². The van der Waals surface area contributed by atoms with Gasteiger partial charge in [-0.1, -0.05) is 152 Å². The van der Waals surface area contributed by atoms with Crippen LogP contribution in [0.5, 0.6) is 0 Å². The molecule has 0 aliphatic rings. The van der Waals surface area contributed by atoms with Crippen LogP contribution in [-0.2, 0) is 0 Å². The van der Waals surface area contributed by atoms with E-state index in [4.69, 9.17) is 15.0 Å². The fourth-order valence-corrected chi connectivity index (χ4v) is 8.16. The molecule has 3 aromatic heterocycles. The van der Waals surface area contributed by atoms with Crippen molar-refractivity contribution in [2.75, 3.05) is 0 Å². The number of aromatic nitrogens is 5. The van der Waals surface area contributed by atoms with Gasteiger partial charge in [-0.3, -0.25) is 0 Å². The Hall–Kier alpha value is -7.63. The Labute approximate surface area is 323 Å². The van der Waals surface area contributed by atoms with Crippen molar-refractivity contribution in [1.29, 1.82) is 0 Å². The summed E-state index contributed by atoms with van der Waals surface area (Å²) in [6, 6.07) is 70.4. The average Bonchev–Trinajstić information content (AvgIpc) is 3.79. The van der Waals surface area contributed by atoms with E-state index in [1.165, 1.54) is 38.1 Å². The molecule has 0 saturated heterocycles. The van der Waals surface area contributed by atoms with Crippen molar-refractivity contribution in [3.63, 3.8) is 0 Å². The third-order valence-electron chi connectivity index (χ3n) is 10.8. The highest BCUT2D eigenvalue weighted by Gasteiger charge is 2.18. The van der Waals surface area contributed by atoms with Crippen LogP contribution in [0.25, 0.3) is 100 Å². The lowest BCUT2D eigenvalue weighted by atomic mass is 10.0. The average molecular weight is 716 g/mol. The van der Waals surface area contributed by atoms with Crippen molar-refractivity contribution in [3.05, 3.63) is 200 Å². The first-order valence-electron chi connectivity index (χ1n) is 18.9. The highest BCUT2D eigenvalue weighted by atomic mass is 15.0. The number of para-hydroxylation sites is 3. The largest absolute Gasteiger partial charge is 0.309 e. The Bertz CT molecular complexity index is 3180. The quantitative estimate of drug-likeness (QED) is 0.172. The molecule has 0 aliphatic heterocycles. The molecule has 0 spiro atoms. The van der Waals surface area contributed by atoms with Crippen LogP contribution in [0.4, 0.5) is 0 Å². The van der Waals surface area contributed by atoms with Gasteiger partial charge in [-0.05, 0) is 59.7 Å². The molecule has 0 unspecified atom stereocenters. The molecule has 56 heavy (non-hydrogen) atoms. The molecule has 11 rings (SSSR count). The Morgan fingerprint density at radius 3 is 1.23 bits per heavy atom. The maximum Gasteiger partial charge on any atom is 0.164 e. The van der Waals surface area contributed by atoms with Crippen LogP contribution in [0.1, 0.15) is 0 Å². The number of rotatable bonds is 6. The van der Waals surface area contributed by atoms with E-state index in [1.807, 2.05) is 36.4 Å². The normalized spacial score (nSPS) is 11.6. The van der Waals surface area contributed by atoms with E-state index >= 15 is 0 Å². The van der Waals surface area contributed by atoms with Gasteiger partial charge in [0.25, 0.3) is 0 Å². The number of hydrogen-bond acceptors (Lipinski definition) is 3. The van der Waals surface area contributed by atoms with Crippen molar-refractivity contribution in [1.82, 2.24) is 24.1 Å². The van der Waals surface area contributed by atoms with E-state index in [0.29, 0.717) is 17.5 Å². The third-order valence-corrected chi connectivity index (χ3v) is 10.8. The highest BCUT2D eigenvalue weighted by Crippen LogP contribution is 2.37. The Kier molecular flexibility index (Phi) is 7.42. The van der Waals surface area contributed by atoms with E-state index in [9.17, 15) is 0 Å². The second kappa shape index (κ2) is 13.0. The van der Waals surface area contributed by atoms with Crippen LogP contribution in [0.2, 0.25) is 0 Å². The van der Waals surface area contributed by atoms with Crippen LogP contribution >= 0.6 is 0 Å². The third kappa shape index (κ3) is 5.29. The van der Waals surface area contributed by atoms with Gasteiger partial charge in [-0.25, -0.2) is 15.0 Å². The summed E-state index contributed by atoms with van der Waals surface area (Å²) < 4.78 is 4.74. The van der Waals surface area contributed by atoms with Gasteiger partial charge in [0.1, 0.15) is 0 Å². The van der Waals surface area contributed by atoms with Crippen LogP contribution in [0.3, 0.4) is 0 Å². The summed E-state index contributed by atoms with van der Waals surface area (Å²) in [4.78, 5) is 15.2. The van der Waals surface area contributed by atoms with Gasteiger partial charge in [-0.15, -0.1) is 0 Å². The molecular weight excluding hydrogens is 683 g/mol. The predicted octanol–water partition coefficient (Wildman–Crippen LogP) is 12.7. The number of fused-ring (bicyclic) bond motifs is 6. The molecule has 11 aromatic rings. The zero-order valence-corrected chi connectivity index (χ0v) is 30.3. The van der Waals surface area contributed by atoms with Crippen LogP contribution in [0, 0.1) is 0 Å². The molecule has 0 aliphatic carbocycles. The van der Waals surface area contributed by atoms with E-state index in [-0.39, 0.29) is 0 Å². The number of nitrogens with zero attached hydrogens (tertiary/aromatic N) is 5. The lowest BCUT2D eigenvalue weighted by Gasteiger charge is -2.12. The zero-order chi connectivity index (χ0) is 37.0. The molecule has 0 amide bonds. The summed E-state index contributed by atoms with van der Waals surface area (Å²) in [7, 11) is 0. The Balaban J connectivity index is 1.05. The molecule has 0 bridgehead atoms. The summed E-state index contributed by atoms with van der Waals surface area (Å²) in [6.07, 6.45) is 0. The van der Waals surface area contributed by atoms with Gasteiger partial charge in [0.05, 0.1) is 22.1 Å². The van der Waals surface area contributed by atoms with Gasteiger partial charge in [0.2, 0.25) is 0 Å². The second-order valence-corrected chi connectivity index (χ2v) is 14.1. The molecule has 0 N–H and O–H groups in total. The maximum absolute atomic E-state index is 5.10. The summed E-state index contributed by atoms with van der Waals surface area (Å²) in [5, 5.41) is 4.90. The predicted molar refractivity (Wildman–Crippen MR) is 230 cm³/mol. The minimum absolute atomic E-state index is 0.622. The molecule has 0 fully saturated rings. The fourth-order valence-electron chi connectivity index (χ4n) is 8.16. The molecule has 262 valence electrons. The molecule has 0 atom stereocenters. The van der Waals surface area contributed by atoms with Crippen LogP contribution in [0.15, 0.2) is 200 Å². The van der Waals surface area contributed by atoms with Crippen molar-refractivity contribution in [3.8, 4) is 56.7 Å². The van der Waals surface area contributed by atoms with E-state index in [2.05, 4.69) is 173 Å². The summed E-state index contributed by atoms with van der Waals surface area (Å²) in [5.41, 5.74) is 11.9. The first-order chi connectivity index (χ1) is 27.8. The first-order valence-corrected chi connectivity index (χ1v) is 18.9. The fraction of sp³-hybridized carbons (Fsp3) is 0. The van der Waals surface area contributed by atoms with Crippen molar-refractivity contribution in [2.45, 2.75) is 0 Å². The highest BCUT2D eigenvalue weighted by molar-refractivity contribution is 6.12. The minimum atomic E-state index is 0.622. The lowest BCUT2D eigenvalue weighted by Crippen LogP contribution is -2.01. The van der Waals surface area contributed by atoms with Gasteiger partial charge in [0, 0.05) is 49.6 Å². The molecule has 0 radical (unpaired) electrons. The standard InChI is InChI=1S/C51H33N5/c1-3-14-34(15-4-1)35-26-28-37(29-27-35)50-52-49(36-16-5-2-6-17-36)53-51(54-50)38-18-13-19-39(32-38)55-47-25-12-9-22-43(47)44-33-40(30-31-48(44)55)56-45-23-10-7-20-41(45)42-21-8-11-24-46(42)56/h1-33H. The molecular formula is C51H33N5. The maximum atomic E-state index is 5.10. The van der Waals surface area contributed by atoms with Gasteiger partial charge in [0.15, 0.2) is 17.5 Å².